The minimum Gasteiger partial charge on any atom is -0.310 e. The molecule has 0 unspecified atom stereocenters. The van der Waals surface area contributed by atoms with Gasteiger partial charge in [-0.3, -0.25) is 14.6 Å². The van der Waals surface area contributed by atoms with Crippen molar-refractivity contribution in [1.82, 2.24) is 19.7 Å². The van der Waals surface area contributed by atoms with Crippen LogP contribution in [-0.4, -0.2) is 25.7 Å². The lowest BCUT2D eigenvalue weighted by atomic mass is 9.89. The maximum Gasteiger partial charge on any atom is 0.252 e. The van der Waals surface area contributed by atoms with Crippen LogP contribution in [-0.2, 0) is 11.2 Å². The highest BCUT2D eigenvalue weighted by Gasteiger charge is 2.23. The first-order valence-electron chi connectivity index (χ1n) is 9.69. The molecule has 1 aliphatic rings. The zero-order chi connectivity index (χ0) is 19.5. The molecule has 3 heterocycles. The Hall–Kier alpha value is -2.74. The van der Waals surface area contributed by atoms with Crippen molar-refractivity contribution < 1.29 is 4.79 Å². The quantitative estimate of drug-likeness (QED) is 0.685. The van der Waals surface area contributed by atoms with Crippen molar-refractivity contribution in [2.24, 2.45) is 5.92 Å². The van der Waals surface area contributed by atoms with Gasteiger partial charge >= 0.3 is 0 Å². The van der Waals surface area contributed by atoms with Crippen molar-refractivity contribution >= 4 is 23.1 Å². The van der Waals surface area contributed by atoms with E-state index in [-0.39, 0.29) is 17.4 Å². The largest absolute Gasteiger partial charge is 0.310 e. The fraction of sp³-hybridized carbons (Fsp3) is 0.400. The molecule has 1 amide bonds. The molecule has 3 aromatic heterocycles. The number of carbonyl (C=O) groups is 1. The van der Waals surface area contributed by atoms with Gasteiger partial charge in [0.25, 0.3) is 5.56 Å². The fourth-order valence-corrected chi connectivity index (χ4v) is 4.23. The van der Waals surface area contributed by atoms with Gasteiger partial charge in [0.15, 0.2) is 0 Å². The molecule has 1 fully saturated rings. The molecule has 0 bridgehead atoms. The molecule has 2 N–H and O–H groups in total. The Morgan fingerprint density at radius 2 is 2.14 bits per heavy atom. The molecule has 28 heavy (non-hydrogen) atoms. The number of aromatic amines is 1. The number of hydrogen-bond acceptors (Lipinski definition) is 5. The number of aryl methyl sites for hydroxylation is 1. The van der Waals surface area contributed by atoms with Crippen LogP contribution in [0.3, 0.4) is 0 Å². The van der Waals surface area contributed by atoms with Gasteiger partial charge in [-0.05, 0) is 30.7 Å². The van der Waals surface area contributed by atoms with Crippen LogP contribution in [0, 0.1) is 5.92 Å². The minimum atomic E-state index is -0.236. The average Bonchev–Trinajstić information content (AvgIpc) is 3.38. The first-order valence-corrected chi connectivity index (χ1v) is 10.6. The molecule has 1 aliphatic carbocycles. The van der Waals surface area contributed by atoms with Gasteiger partial charge in [0.2, 0.25) is 11.9 Å². The Kier molecular flexibility index (Phi) is 5.38. The number of amides is 1. The Labute approximate surface area is 166 Å². The standard InChI is InChI=1S/C20H23N5O2S/c1-2-14-11-18(26)23-20(21-14)25-17(12-15(24-25)16-9-6-10-28-16)22-19(27)13-7-4-3-5-8-13/h6,9-13H,2-5,7-8H2,1H3,(H,22,27)(H,21,23,26). The number of nitrogens with zero attached hydrogens (tertiary/aromatic N) is 3. The van der Waals surface area contributed by atoms with Crippen LogP contribution >= 0.6 is 11.3 Å². The molecule has 0 spiro atoms. The van der Waals surface area contributed by atoms with Crippen LogP contribution in [0.2, 0.25) is 0 Å². The van der Waals surface area contributed by atoms with Crippen molar-refractivity contribution in [3.05, 3.63) is 45.7 Å². The second-order valence-electron chi connectivity index (χ2n) is 7.04. The second kappa shape index (κ2) is 8.10. The molecule has 1 saturated carbocycles. The van der Waals surface area contributed by atoms with Gasteiger partial charge < -0.3 is 5.32 Å². The van der Waals surface area contributed by atoms with Gasteiger partial charge in [0.05, 0.1) is 4.88 Å². The van der Waals surface area contributed by atoms with Crippen molar-refractivity contribution in [3.8, 4) is 16.5 Å². The zero-order valence-electron chi connectivity index (χ0n) is 15.8. The highest BCUT2D eigenvalue weighted by Crippen LogP contribution is 2.29. The Morgan fingerprint density at radius 1 is 1.32 bits per heavy atom. The number of hydrogen-bond donors (Lipinski definition) is 2. The average molecular weight is 398 g/mol. The summed E-state index contributed by atoms with van der Waals surface area (Å²) in [5.74, 6) is 0.866. The molecule has 0 aliphatic heterocycles. The van der Waals surface area contributed by atoms with Gasteiger partial charge in [-0.15, -0.1) is 11.3 Å². The summed E-state index contributed by atoms with van der Waals surface area (Å²) in [7, 11) is 0. The molecule has 4 rings (SSSR count). The van der Waals surface area contributed by atoms with E-state index in [1.54, 1.807) is 11.3 Å². The number of nitrogens with one attached hydrogen (secondary N) is 2. The molecular formula is C20H23N5O2S. The number of aromatic nitrogens is 4. The van der Waals surface area contributed by atoms with Gasteiger partial charge in [-0.25, -0.2) is 4.98 Å². The summed E-state index contributed by atoms with van der Waals surface area (Å²) in [6, 6.07) is 7.25. The normalized spacial score (nSPS) is 14.9. The van der Waals surface area contributed by atoms with Crippen LogP contribution in [0.25, 0.3) is 16.5 Å². The number of carbonyl (C=O) groups excluding carboxylic acids is 1. The Morgan fingerprint density at radius 3 is 2.86 bits per heavy atom. The van der Waals surface area contributed by atoms with Gasteiger partial charge in [-0.1, -0.05) is 32.3 Å². The predicted octanol–water partition coefficient (Wildman–Crippen LogP) is 3.77. The van der Waals surface area contributed by atoms with Gasteiger partial charge in [0, 0.05) is 23.7 Å². The first-order chi connectivity index (χ1) is 13.6. The maximum absolute atomic E-state index is 12.8. The molecule has 8 heteroatoms. The smallest absolute Gasteiger partial charge is 0.252 e. The van der Waals surface area contributed by atoms with Crippen LogP contribution in [0.1, 0.15) is 44.7 Å². The Balaban J connectivity index is 1.72. The van der Waals surface area contributed by atoms with Crippen molar-refractivity contribution in [2.45, 2.75) is 45.4 Å². The molecule has 0 saturated heterocycles. The van der Waals surface area contributed by atoms with E-state index in [9.17, 15) is 9.59 Å². The predicted molar refractivity (Wildman–Crippen MR) is 110 cm³/mol. The number of thiophene rings is 1. The Bertz CT molecular complexity index is 1020. The third-order valence-electron chi connectivity index (χ3n) is 5.06. The van der Waals surface area contributed by atoms with E-state index in [2.05, 4.69) is 20.4 Å². The van der Waals surface area contributed by atoms with Crippen molar-refractivity contribution in [1.29, 1.82) is 0 Å². The van der Waals surface area contributed by atoms with E-state index < -0.39 is 0 Å². The van der Waals surface area contributed by atoms with E-state index in [0.29, 0.717) is 23.9 Å². The summed E-state index contributed by atoms with van der Waals surface area (Å²) in [5, 5.41) is 9.62. The van der Waals surface area contributed by atoms with Crippen LogP contribution < -0.4 is 10.9 Å². The zero-order valence-corrected chi connectivity index (χ0v) is 16.6. The SMILES string of the molecule is CCc1cc(=O)[nH]c(-n2nc(-c3cccs3)cc2NC(=O)C2CCCCC2)n1. The molecule has 7 nitrogen and oxygen atoms in total. The number of anilines is 1. The van der Waals surface area contributed by atoms with Crippen LogP contribution in [0.5, 0.6) is 0 Å². The van der Waals surface area contributed by atoms with Gasteiger partial charge in [0.1, 0.15) is 11.5 Å². The molecule has 0 radical (unpaired) electrons. The molecule has 0 atom stereocenters. The van der Waals surface area contributed by atoms with Crippen LogP contribution in [0.15, 0.2) is 34.4 Å². The summed E-state index contributed by atoms with van der Waals surface area (Å²) in [5.41, 5.74) is 1.18. The van der Waals surface area contributed by atoms with Crippen LogP contribution in [0.4, 0.5) is 5.82 Å². The number of H-pyrrole nitrogens is 1. The lowest BCUT2D eigenvalue weighted by Gasteiger charge is -2.20. The molecule has 3 aromatic rings. The van der Waals surface area contributed by atoms with E-state index >= 15 is 0 Å². The van der Waals surface area contributed by atoms with E-state index in [4.69, 9.17) is 0 Å². The molecule has 146 valence electrons. The summed E-state index contributed by atoms with van der Waals surface area (Å²) in [6.07, 6.45) is 5.84. The summed E-state index contributed by atoms with van der Waals surface area (Å²) in [6.45, 7) is 1.94. The fourth-order valence-electron chi connectivity index (χ4n) is 3.54. The maximum atomic E-state index is 12.8. The summed E-state index contributed by atoms with van der Waals surface area (Å²) < 4.78 is 1.52. The van der Waals surface area contributed by atoms with Gasteiger partial charge in [-0.2, -0.15) is 9.78 Å². The third kappa shape index (κ3) is 3.91. The third-order valence-corrected chi connectivity index (χ3v) is 5.95. The highest BCUT2D eigenvalue weighted by atomic mass is 32.1. The molecule has 0 aromatic carbocycles. The topological polar surface area (TPSA) is 92.7 Å². The molecular weight excluding hydrogens is 374 g/mol. The van der Waals surface area contributed by atoms with E-state index in [1.807, 2.05) is 30.5 Å². The van der Waals surface area contributed by atoms with E-state index in [0.717, 1.165) is 36.3 Å². The first kappa shape index (κ1) is 18.6. The van der Waals surface area contributed by atoms with Crippen molar-refractivity contribution in [2.75, 3.05) is 5.32 Å². The lowest BCUT2D eigenvalue weighted by Crippen LogP contribution is -2.26. The van der Waals surface area contributed by atoms with Crippen molar-refractivity contribution in [3.63, 3.8) is 0 Å². The number of rotatable bonds is 5. The monoisotopic (exact) mass is 397 g/mol. The summed E-state index contributed by atoms with van der Waals surface area (Å²) >= 11 is 1.57. The van der Waals surface area contributed by atoms with E-state index in [1.165, 1.54) is 17.2 Å². The minimum absolute atomic E-state index is 0.00701. The lowest BCUT2D eigenvalue weighted by molar-refractivity contribution is -0.120. The summed E-state index contributed by atoms with van der Waals surface area (Å²) in [4.78, 5) is 33.0. The highest BCUT2D eigenvalue weighted by molar-refractivity contribution is 7.13. The second-order valence-corrected chi connectivity index (χ2v) is 7.99.